The minimum absolute atomic E-state index is 0.0784. The molecule has 0 spiro atoms. The highest BCUT2D eigenvalue weighted by Gasteiger charge is 2.41. The molecular weight excluding hydrogens is 396 g/mol. The average molecular weight is 422 g/mol. The lowest BCUT2D eigenvalue weighted by Crippen LogP contribution is -2.39. The number of aromatic hydroxyl groups is 1. The zero-order valence-electron chi connectivity index (χ0n) is 18.1. The molecule has 1 unspecified atom stereocenters. The van der Waals surface area contributed by atoms with Gasteiger partial charge in [-0.1, -0.05) is 44.2 Å². The fourth-order valence-electron chi connectivity index (χ4n) is 4.01. The Balaban J connectivity index is 2.11. The van der Waals surface area contributed by atoms with Crippen molar-refractivity contribution < 1.29 is 24.2 Å². The highest BCUT2D eigenvalue weighted by Crippen LogP contribution is 2.49. The van der Waals surface area contributed by atoms with Crippen molar-refractivity contribution in [3.63, 3.8) is 0 Å². The second-order valence-electron chi connectivity index (χ2n) is 8.72. The summed E-state index contributed by atoms with van der Waals surface area (Å²) in [5.74, 6) is -0.665. The van der Waals surface area contributed by atoms with Gasteiger partial charge in [0, 0.05) is 29.5 Å². The van der Waals surface area contributed by atoms with Crippen LogP contribution in [0.5, 0.6) is 11.5 Å². The minimum atomic E-state index is -1.20. The van der Waals surface area contributed by atoms with Crippen LogP contribution in [0.25, 0.3) is 22.1 Å². The minimum Gasteiger partial charge on any atom is -0.506 e. The Kier molecular flexibility index (Phi) is 5.13. The zero-order valence-corrected chi connectivity index (χ0v) is 18.1. The lowest BCUT2D eigenvalue weighted by Gasteiger charge is -2.25. The molecule has 0 bridgehead atoms. The summed E-state index contributed by atoms with van der Waals surface area (Å²) in [6.07, 6.45) is 0.189. The van der Waals surface area contributed by atoms with Gasteiger partial charge in [0.05, 0.1) is 11.0 Å². The van der Waals surface area contributed by atoms with Crippen LogP contribution in [0, 0.1) is 5.92 Å². The van der Waals surface area contributed by atoms with Gasteiger partial charge in [-0.15, -0.1) is 0 Å². The van der Waals surface area contributed by atoms with E-state index in [1.807, 2.05) is 37.3 Å². The number of aliphatic hydroxyl groups is 1. The summed E-state index contributed by atoms with van der Waals surface area (Å²) in [6, 6.07) is 10.5. The van der Waals surface area contributed by atoms with E-state index < -0.39 is 17.3 Å². The first-order chi connectivity index (χ1) is 14.6. The van der Waals surface area contributed by atoms with Crippen molar-refractivity contribution in [3.8, 4) is 22.6 Å². The summed E-state index contributed by atoms with van der Waals surface area (Å²) in [4.78, 5) is 25.7. The first-order valence-electron chi connectivity index (χ1n) is 10.5. The molecular formula is C25H26O6. The van der Waals surface area contributed by atoms with Crippen LogP contribution in [0.15, 0.2) is 45.6 Å². The van der Waals surface area contributed by atoms with Crippen LogP contribution >= 0.6 is 0 Å². The second-order valence-corrected chi connectivity index (χ2v) is 8.72. The molecule has 162 valence electrons. The van der Waals surface area contributed by atoms with Crippen LogP contribution in [-0.2, 0) is 6.42 Å². The number of ether oxygens (including phenoxy) is 1. The quantitative estimate of drug-likeness (QED) is 0.465. The molecule has 6 nitrogen and oxygen atoms in total. The molecule has 3 aromatic rings. The normalized spacial score (nSPS) is 16.7. The number of phenolic OH excluding ortho intramolecular Hbond substituents is 1. The molecule has 1 aliphatic rings. The third-order valence-electron chi connectivity index (χ3n) is 6.04. The molecule has 0 radical (unpaired) electrons. The van der Waals surface area contributed by atoms with E-state index in [0.717, 1.165) is 5.56 Å². The first-order valence-corrected chi connectivity index (χ1v) is 10.5. The predicted molar refractivity (Wildman–Crippen MR) is 118 cm³/mol. The van der Waals surface area contributed by atoms with Crippen molar-refractivity contribution in [3.05, 3.63) is 57.9 Å². The van der Waals surface area contributed by atoms with Crippen molar-refractivity contribution in [2.75, 3.05) is 0 Å². The van der Waals surface area contributed by atoms with Gasteiger partial charge in [0.25, 0.3) is 0 Å². The third kappa shape index (κ3) is 3.51. The molecule has 2 N–H and O–H groups in total. The molecule has 6 heteroatoms. The van der Waals surface area contributed by atoms with Gasteiger partial charge in [-0.05, 0) is 25.8 Å². The first kappa shape index (κ1) is 21.1. The van der Waals surface area contributed by atoms with E-state index in [1.54, 1.807) is 20.8 Å². The lowest BCUT2D eigenvalue weighted by molar-refractivity contribution is -0.0232. The molecule has 0 saturated heterocycles. The molecule has 0 aliphatic carbocycles. The van der Waals surface area contributed by atoms with E-state index in [2.05, 4.69) is 0 Å². The van der Waals surface area contributed by atoms with Crippen molar-refractivity contribution in [1.29, 1.82) is 0 Å². The lowest BCUT2D eigenvalue weighted by atomic mass is 9.89. The van der Waals surface area contributed by atoms with Crippen molar-refractivity contribution >= 4 is 16.8 Å². The maximum Gasteiger partial charge on any atom is 0.336 e. The number of hydrogen-bond donors (Lipinski definition) is 2. The molecule has 2 atom stereocenters. The van der Waals surface area contributed by atoms with E-state index >= 15 is 0 Å². The maximum atomic E-state index is 13.3. The SMILES string of the molecule is CCC(C)C(=O)c1c2c(c3oc(=O)cc(-c4ccccc4)c3c1O)C[C@@H](C(C)(C)O)O2. The Labute approximate surface area is 180 Å². The van der Waals surface area contributed by atoms with Crippen molar-refractivity contribution in [2.45, 2.75) is 52.2 Å². The van der Waals surface area contributed by atoms with E-state index in [-0.39, 0.29) is 40.8 Å². The molecule has 0 fully saturated rings. The molecule has 0 saturated carbocycles. The van der Waals surface area contributed by atoms with Crippen LogP contribution < -0.4 is 10.4 Å². The second kappa shape index (κ2) is 7.54. The van der Waals surface area contributed by atoms with Crippen LogP contribution in [0.2, 0.25) is 0 Å². The molecule has 4 rings (SSSR count). The maximum absolute atomic E-state index is 13.3. The number of hydrogen-bond acceptors (Lipinski definition) is 6. The van der Waals surface area contributed by atoms with Gasteiger partial charge in [-0.25, -0.2) is 4.79 Å². The van der Waals surface area contributed by atoms with Gasteiger partial charge < -0.3 is 19.4 Å². The molecule has 1 aliphatic heterocycles. The van der Waals surface area contributed by atoms with Crippen molar-refractivity contribution in [1.82, 2.24) is 0 Å². The summed E-state index contributed by atoms with van der Waals surface area (Å²) in [7, 11) is 0. The number of benzene rings is 2. The zero-order chi connectivity index (χ0) is 22.5. The average Bonchev–Trinajstić information content (AvgIpc) is 3.19. The Bertz CT molecular complexity index is 1220. The summed E-state index contributed by atoms with van der Waals surface area (Å²) < 4.78 is 11.5. The summed E-state index contributed by atoms with van der Waals surface area (Å²) in [6.45, 7) is 6.93. The number of rotatable bonds is 5. The number of phenols is 1. The predicted octanol–water partition coefficient (Wildman–Crippen LogP) is 4.47. The van der Waals surface area contributed by atoms with E-state index in [0.29, 0.717) is 22.9 Å². The number of ketones is 1. The number of carbonyl (C=O) groups is 1. The Hall–Kier alpha value is -3.12. The summed E-state index contributed by atoms with van der Waals surface area (Å²) in [5, 5.41) is 22.2. The standard InChI is InChI=1S/C25H26O6/c1-5-13(2)21(27)20-22(28)19-15(14-9-7-6-8-10-14)12-18(26)31-23(19)16-11-17(25(3,4)29)30-24(16)20/h6-10,12-13,17,28-29H,5,11H2,1-4H3/t13?,17-/m0/s1. The molecule has 1 aromatic heterocycles. The fraction of sp³-hybridized carbons (Fsp3) is 0.360. The Morgan fingerprint density at radius 2 is 1.94 bits per heavy atom. The summed E-state index contributed by atoms with van der Waals surface area (Å²) in [5.41, 5.74) is 0.213. The fourth-order valence-corrected chi connectivity index (χ4v) is 4.01. The van der Waals surface area contributed by atoms with Crippen molar-refractivity contribution in [2.24, 2.45) is 5.92 Å². The van der Waals surface area contributed by atoms with Crippen LogP contribution in [0.1, 0.15) is 50.0 Å². The van der Waals surface area contributed by atoms with Crippen LogP contribution in [0.3, 0.4) is 0 Å². The number of carbonyl (C=O) groups excluding carboxylic acids is 1. The van der Waals surface area contributed by atoms with Gasteiger partial charge in [0.15, 0.2) is 5.78 Å². The van der Waals surface area contributed by atoms with E-state index in [4.69, 9.17) is 9.15 Å². The highest BCUT2D eigenvalue weighted by molar-refractivity contribution is 6.12. The Morgan fingerprint density at radius 1 is 1.26 bits per heavy atom. The van der Waals surface area contributed by atoms with E-state index in [9.17, 15) is 19.8 Å². The van der Waals surface area contributed by atoms with Crippen LogP contribution in [0.4, 0.5) is 0 Å². The largest absolute Gasteiger partial charge is 0.506 e. The van der Waals surface area contributed by atoms with Crippen LogP contribution in [-0.4, -0.2) is 27.7 Å². The van der Waals surface area contributed by atoms with Gasteiger partial charge in [0.1, 0.15) is 28.7 Å². The number of Topliss-reactive ketones (excluding diaryl/α,β-unsaturated/α-hetero) is 1. The van der Waals surface area contributed by atoms with E-state index in [1.165, 1.54) is 6.07 Å². The highest BCUT2D eigenvalue weighted by atomic mass is 16.5. The third-order valence-corrected chi connectivity index (χ3v) is 6.04. The van der Waals surface area contributed by atoms with Gasteiger partial charge in [-0.3, -0.25) is 4.79 Å². The molecule has 0 amide bonds. The topological polar surface area (TPSA) is 97.0 Å². The van der Waals surface area contributed by atoms with Gasteiger partial charge >= 0.3 is 5.63 Å². The number of fused-ring (bicyclic) bond motifs is 3. The molecule has 2 heterocycles. The van der Waals surface area contributed by atoms with Gasteiger partial charge in [-0.2, -0.15) is 0 Å². The van der Waals surface area contributed by atoms with Gasteiger partial charge in [0.2, 0.25) is 0 Å². The Morgan fingerprint density at radius 3 is 2.55 bits per heavy atom. The smallest absolute Gasteiger partial charge is 0.336 e. The monoisotopic (exact) mass is 422 g/mol. The molecule has 2 aromatic carbocycles. The molecule has 31 heavy (non-hydrogen) atoms. The summed E-state index contributed by atoms with van der Waals surface area (Å²) >= 11 is 0.